The molecule has 1 atom stereocenters. The van der Waals surface area contributed by atoms with Crippen LogP contribution in [0, 0.1) is 6.92 Å². The quantitative estimate of drug-likeness (QED) is 0.814. The van der Waals surface area contributed by atoms with Gasteiger partial charge >= 0.3 is 0 Å². The Bertz CT molecular complexity index is 572. The third-order valence-corrected chi connectivity index (χ3v) is 3.75. The molecule has 2 heteroatoms. The maximum Gasteiger partial charge on any atom is 0.118 e. The molecule has 19 heavy (non-hydrogen) atoms. The molecule has 0 saturated carbocycles. The predicted octanol–water partition coefficient (Wildman–Crippen LogP) is 3.67. The van der Waals surface area contributed by atoms with Gasteiger partial charge in [-0.1, -0.05) is 30.3 Å². The minimum absolute atomic E-state index is 0.0517. The zero-order valence-electron chi connectivity index (χ0n) is 11.3. The number of hydrogen-bond acceptors (Lipinski definition) is 2. The van der Waals surface area contributed by atoms with E-state index >= 15 is 0 Å². The van der Waals surface area contributed by atoms with Gasteiger partial charge in [-0.25, -0.2) is 0 Å². The van der Waals surface area contributed by atoms with Gasteiger partial charge in [0.2, 0.25) is 0 Å². The molecule has 1 aliphatic heterocycles. The van der Waals surface area contributed by atoms with E-state index in [0.717, 1.165) is 18.8 Å². The molecule has 3 rings (SSSR count). The summed E-state index contributed by atoms with van der Waals surface area (Å²) in [7, 11) is 1.69. The summed E-state index contributed by atoms with van der Waals surface area (Å²) < 4.78 is 11.2. The van der Waals surface area contributed by atoms with Crippen molar-refractivity contribution in [3.05, 3.63) is 64.7 Å². The number of ether oxygens (including phenoxy) is 2. The summed E-state index contributed by atoms with van der Waals surface area (Å²) in [6, 6.07) is 14.7. The fraction of sp³-hybridized carbons (Fsp3) is 0.294. The van der Waals surface area contributed by atoms with Crippen molar-refractivity contribution in [3.63, 3.8) is 0 Å². The predicted molar refractivity (Wildman–Crippen MR) is 75.7 cm³/mol. The van der Waals surface area contributed by atoms with Gasteiger partial charge in [0, 0.05) is 0 Å². The first kappa shape index (κ1) is 12.2. The molecule has 0 aliphatic carbocycles. The van der Waals surface area contributed by atoms with Gasteiger partial charge < -0.3 is 9.47 Å². The van der Waals surface area contributed by atoms with Crippen molar-refractivity contribution in [2.75, 3.05) is 13.7 Å². The maximum atomic E-state index is 6.00. The van der Waals surface area contributed by atoms with Gasteiger partial charge in [-0.3, -0.25) is 0 Å². The average Bonchev–Trinajstić information content (AvgIpc) is 2.47. The second-order valence-electron chi connectivity index (χ2n) is 4.92. The average molecular weight is 254 g/mol. The van der Waals surface area contributed by atoms with E-state index in [2.05, 4.69) is 37.3 Å². The van der Waals surface area contributed by atoms with Crippen LogP contribution in [0.1, 0.15) is 28.4 Å². The molecule has 2 aromatic rings. The lowest BCUT2D eigenvalue weighted by Crippen LogP contribution is -2.18. The minimum Gasteiger partial charge on any atom is -0.497 e. The Kier molecular flexibility index (Phi) is 3.26. The van der Waals surface area contributed by atoms with E-state index in [1.807, 2.05) is 12.1 Å². The maximum absolute atomic E-state index is 6.00. The Morgan fingerprint density at radius 2 is 1.89 bits per heavy atom. The van der Waals surface area contributed by atoms with Crippen LogP contribution >= 0.6 is 0 Å². The Labute approximate surface area is 114 Å². The minimum atomic E-state index is 0.0517. The van der Waals surface area contributed by atoms with Gasteiger partial charge in [-0.05, 0) is 47.7 Å². The van der Waals surface area contributed by atoms with E-state index in [4.69, 9.17) is 9.47 Å². The van der Waals surface area contributed by atoms with Crippen LogP contribution in [0.4, 0.5) is 0 Å². The normalized spacial score (nSPS) is 17.9. The van der Waals surface area contributed by atoms with E-state index in [1.165, 1.54) is 22.3 Å². The molecule has 0 aromatic heterocycles. The molecule has 98 valence electrons. The molecule has 0 saturated heterocycles. The Hall–Kier alpha value is -1.80. The summed E-state index contributed by atoms with van der Waals surface area (Å²) in [4.78, 5) is 0. The molecule has 0 N–H and O–H groups in total. The van der Waals surface area contributed by atoms with Crippen LogP contribution in [0.5, 0.6) is 5.75 Å². The number of benzene rings is 2. The first-order valence-corrected chi connectivity index (χ1v) is 6.63. The topological polar surface area (TPSA) is 18.5 Å². The van der Waals surface area contributed by atoms with E-state index in [0.29, 0.717) is 0 Å². The fourth-order valence-electron chi connectivity index (χ4n) is 2.75. The highest BCUT2D eigenvalue weighted by Crippen LogP contribution is 2.35. The van der Waals surface area contributed by atoms with Crippen molar-refractivity contribution in [3.8, 4) is 5.75 Å². The second-order valence-corrected chi connectivity index (χ2v) is 4.92. The number of rotatable bonds is 2. The van der Waals surface area contributed by atoms with E-state index < -0.39 is 0 Å². The Morgan fingerprint density at radius 1 is 1.11 bits per heavy atom. The number of aryl methyl sites for hydroxylation is 1. The number of hydrogen-bond donors (Lipinski definition) is 0. The van der Waals surface area contributed by atoms with Crippen molar-refractivity contribution < 1.29 is 9.47 Å². The summed E-state index contributed by atoms with van der Waals surface area (Å²) in [6.45, 7) is 2.94. The molecule has 0 spiro atoms. The molecular weight excluding hydrogens is 236 g/mol. The number of fused-ring (bicyclic) bond motifs is 1. The third kappa shape index (κ3) is 2.24. The molecule has 0 bridgehead atoms. The first-order valence-electron chi connectivity index (χ1n) is 6.63. The lowest BCUT2D eigenvalue weighted by molar-refractivity contribution is 0.0693. The summed E-state index contributed by atoms with van der Waals surface area (Å²) in [5, 5.41) is 0. The summed E-state index contributed by atoms with van der Waals surface area (Å²) in [6.07, 6.45) is 1.06. The van der Waals surface area contributed by atoms with Gasteiger partial charge in [-0.15, -0.1) is 0 Å². The summed E-state index contributed by atoms with van der Waals surface area (Å²) in [5.74, 6) is 0.879. The standard InChI is InChI=1S/C17H18O2/c1-12-4-3-5-13-10-11-19-17(16(12)13)14-6-8-15(18-2)9-7-14/h3-9,17H,10-11H2,1-2H3. The van der Waals surface area contributed by atoms with Crippen LogP contribution in [-0.4, -0.2) is 13.7 Å². The van der Waals surface area contributed by atoms with Gasteiger partial charge in [0.25, 0.3) is 0 Å². The summed E-state index contributed by atoms with van der Waals surface area (Å²) >= 11 is 0. The molecular formula is C17H18O2. The fourth-order valence-corrected chi connectivity index (χ4v) is 2.75. The molecule has 1 aliphatic rings. The molecule has 2 nitrogen and oxygen atoms in total. The zero-order chi connectivity index (χ0) is 13.2. The van der Waals surface area contributed by atoms with E-state index in [1.54, 1.807) is 7.11 Å². The third-order valence-electron chi connectivity index (χ3n) is 3.75. The molecule has 1 heterocycles. The zero-order valence-corrected chi connectivity index (χ0v) is 11.3. The molecule has 0 radical (unpaired) electrons. The highest BCUT2D eigenvalue weighted by atomic mass is 16.5. The van der Waals surface area contributed by atoms with Crippen molar-refractivity contribution >= 4 is 0 Å². The summed E-state index contributed by atoms with van der Waals surface area (Å²) in [5.41, 5.74) is 5.24. The van der Waals surface area contributed by atoms with Gasteiger partial charge in [0.05, 0.1) is 13.7 Å². The largest absolute Gasteiger partial charge is 0.497 e. The van der Waals surface area contributed by atoms with E-state index in [9.17, 15) is 0 Å². The molecule has 2 aromatic carbocycles. The van der Waals surface area contributed by atoms with Crippen LogP contribution in [0.25, 0.3) is 0 Å². The van der Waals surface area contributed by atoms with Gasteiger partial charge in [0.15, 0.2) is 0 Å². The highest BCUT2D eigenvalue weighted by molar-refractivity contribution is 5.43. The van der Waals surface area contributed by atoms with Crippen LogP contribution in [0.3, 0.4) is 0 Å². The molecule has 0 amide bonds. The second kappa shape index (κ2) is 5.06. The van der Waals surface area contributed by atoms with Crippen LogP contribution in [-0.2, 0) is 11.2 Å². The van der Waals surface area contributed by atoms with Crippen molar-refractivity contribution in [1.82, 2.24) is 0 Å². The van der Waals surface area contributed by atoms with Crippen molar-refractivity contribution in [2.24, 2.45) is 0 Å². The monoisotopic (exact) mass is 254 g/mol. The SMILES string of the molecule is COc1ccc(C2OCCc3cccc(C)c32)cc1. The number of methoxy groups -OCH3 is 1. The van der Waals surface area contributed by atoms with Crippen LogP contribution < -0.4 is 4.74 Å². The molecule has 0 fully saturated rings. The van der Waals surface area contributed by atoms with Crippen LogP contribution in [0.15, 0.2) is 42.5 Å². The lowest BCUT2D eigenvalue weighted by atomic mass is 9.89. The van der Waals surface area contributed by atoms with Crippen molar-refractivity contribution in [2.45, 2.75) is 19.4 Å². The Morgan fingerprint density at radius 3 is 2.63 bits per heavy atom. The van der Waals surface area contributed by atoms with Gasteiger partial charge in [-0.2, -0.15) is 0 Å². The first-order chi connectivity index (χ1) is 9.29. The van der Waals surface area contributed by atoms with Gasteiger partial charge in [0.1, 0.15) is 11.9 Å². The van der Waals surface area contributed by atoms with E-state index in [-0.39, 0.29) is 6.10 Å². The Balaban J connectivity index is 2.03. The smallest absolute Gasteiger partial charge is 0.118 e. The van der Waals surface area contributed by atoms with Crippen LogP contribution in [0.2, 0.25) is 0 Å². The highest BCUT2D eigenvalue weighted by Gasteiger charge is 2.23. The lowest BCUT2D eigenvalue weighted by Gasteiger charge is -2.28. The van der Waals surface area contributed by atoms with Crippen molar-refractivity contribution in [1.29, 1.82) is 0 Å². The molecule has 1 unspecified atom stereocenters.